The minimum Gasteiger partial charge on any atom is -0.497 e. The minimum atomic E-state index is -0.121. The lowest BCUT2D eigenvalue weighted by Gasteiger charge is -2.13. The van der Waals surface area contributed by atoms with Crippen molar-refractivity contribution in [3.8, 4) is 28.6 Å². The first-order valence-electron chi connectivity index (χ1n) is 9.90. The molecule has 1 heterocycles. The number of aromatic nitrogens is 3. The Hall–Kier alpha value is -3.78. The van der Waals surface area contributed by atoms with Gasteiger partial charge in [-0.25, -0.2) is 0 Å². The fraction of sp³-hybridized carbons (Fsp3) is 0.125. The van der Waals surface area contributed by atoms with E-state index in [1.165, 1.54) is 11.8 Å². The number of benzene rings is 3. The SMILES string of the molecule is COc1ccc(-n2c(SCC(=O)Nc3ccccc3)nnc2-c2ccccc2OC)cc1. The molecule has 0 fully saturated rings. The molecule has 0 aliphatic carbocycles. The molecule has 0 aliphatic heterocycles. The van der Waals surface area contributed by atoms with Gasteiger partial charge in [-0.2, -0.15) is 0 Å². The highest BCUT2D eigenvalue weighted by Crippen LogP contribution is 2.33. The number of hydrogen-bond donors (Lipinski definition) is 1. The van der Waals surface area contributed by atoms with Crippen LogP contribution in [0.5, 0.6) is 11.5 Å². The Kier molecular flexibility index (Phi) is 6.72. The first-order chi connectivity index (χ1) is 15.7. The molecular formula is C24H22N4O3S. The zero-order valence-electron chi connectivity index (χ0n) is 17.7. The number of hydrogen-bond acceptors (Lipinski definition) is 6. The number of rotatable bonds is 8. The van der Waals surface area contributed by atoms with Crippen LogP contribution in [0.25, 0.3) is 17.1 Å². The second kappa shape index (κ2) is 10.0. The van der Waals surface area contributed by atoms with Gasteiger partial charge in [-0.05, 0) is 48.5 Å². The molecule has 1 N–H and O–H groups in total. The fourth-order valence-electron chi connectivity index (χ4n) is 3.18. The molecule has 4 aromatic rings. The molecular weight excluding hydrogens is 424 g/mol. The summed E-state index contributed by atoms with van der Waals surface area (Å²) < 4.78 is 12.7. The smallest absolute Gasteiger partial charge is 0.234 e. The first-order valence-corrected chi connectivity index (χ1v) is 10.9. The number of nitrogens with one attached hydrogen (secondary N) is 1. The van der Waals surface area contributed by atoms with E-state index in [1.807, 2.05) is 83.4 Å². The Labute approximate surface area is 190 Å². The van der Waals surface area contributed by atoms with Crippen LogP contribution in [-0.4, -0.2) is 40.6 Å². The number of para-hydroxylation sites is 2. The van der Waals surface area contributed by atoms with Crippen LogP contribution in [0.15, 0.2) is 84.0 Å². The Balaban J connectivity index is 1.66. The molecule has 7 nitrogen and oxygen atoms in total. The molecule has 162 valence electrons. The normalized spacial score (nSPS) is 10.6. The molecule has 0 atom stereocenters. The van der Waals surface area contributed by atoms with E-state index in [0.717, 1.165) is 22.7 Å². The Morgan fingerprint density at radius 3 is 2.34 bits per heavy atom. The lowest BCUT2D eigenvalue weighted by atomic mass is 10.2. The van der Waals surface area contributed by atoms with E-state index < -0.39 is 0 Å². The van der Waals surface area contributed by atoms with Gasteiger partial charge in [0.2, 0.25) is 5.91 Å². The molecule has 32 heavy (non-hydrogen) atoms. The van der Waals surface area contributed by atoms with Gasteiger partial charge in [0.1, 0.15) is 11.5 Å². The summed E-state index contributed by atoms with van der Waals surface area (Å²) in [7, 11) is 3.25. The minimum absolute atomic E-state index is 0.121. The van der Waals surface area contributed by atoms with Gasteiger partial charge in [0.15, 0.2) is 11.0 Å². The lowest BCUT2D eigenvalue weighted by Crippen LogP contribution is -2.14. The summed E-state index contributed by atoms with van der Waals surface area (Å²) in [5.74, 6) is 2.13. The van der Waals surface area contributed by atoms with Crippen molar-refractivity contribution >= 4 is 23.4 Å². The van der Waals surface area contributed by atoms with Crippen molar-refractivity contribution in [2.45, 2.75) is 5.16 Å². The van der Waals surface area contributed by atoms with Crippen LogP contribution in [0.2, 0.25) is 0 Å². The predicted octanol–water partition coefficient (Wildman–Crippen LogP) is 4.68. The summed E-state index contributed by atoms with van der Waals surface area (Å²) in [6.45, 7) is 0. The highest BCUT2D eigenvalue weighted by Gasteiger charge is 2.20. The second-order valence-corrected chi connectivity index (χ2v) is 7.69. The maximum absolute atomic E-state index is 12.5. The molecule has 1 amide bonds. The fourth-order valence-corrected chi connectivity index (χ4v) is 3.93. The van der Waals surface area contributed by atoms with Crippen molar-refractivity contribution < 1.29 is 14.3 Å². The molecule has 8 heteroatoms. The number of methoxy groups -OCH3 is 2. The van der Waals surface area contributed by atoms with Crippen molar-refractivity contribution in [3.63, 3.8) is 0 Å². The van der Waals surface area contributed by atoms with Gasteiger partial charge >= 0.3 is 0 Å². The third-order valence-corrected chi connectivity index (χ3v) is 5.63. The van der Waals surface area contributed by atoms with Gasteiger partial charge in [0, 0.05) is 5.69 Å². The largest absolute Gasteiger partial charge is 0.497 e. The van der Waals surface area contributed by atoms with Crippen LogP contribution in [0, 0.1) is 0 Å². The Morgan fingerprint density at radius 1 is 0.906 bits per heavy atom. The third-order valence-electron chi connectivity index (χ3n) is 4.70. The summed E-state index contributed by atoms with van der Waals surface area (Å²) in [4.78, 5) is 12.5. The summed E-state index contributed by atoms with van der Waals surface area (Å²) >= 11 is 1.31. The molecule has 1 aromatic heterocycles. The zero-order chi connectivity index (χ0) is 22.3. The highest BCUT2D eigenvalue weighted by atomic mass is 32.2. The van der Waals surface area contributed by atoms with Crippen molar-refractivity contribution in [1.29, 1.82) is 0 Å². The zero-order valence-corrected chi connectivity index (χ0v) is 18.5. The standard InChI is InChI=1S/C24H22N4O3S/c1-30-19-14-12-18(13-15-19)28-23(20-10-6-7-11-21(20)31-2)26-27-24(28)32-16-22(29)25-17-8-4-3-5-9-17/h3-15H,16H2,1-2H3,(H,25,29). The van der Waals surface area contributed by atoms with Gasteiger partial charge in [0.25, 0.3) is 0 Å². The molecule has 0 spiro atoms. The van der Waals surface area contributed by atoms with Gasteiger partial charge < -0.3 is 14.8 Å². The predicted molar refractivity (Wildman–Crippen MR) is 126 cm³/mol. The molecule has 0 aliphatic rings. The van der Waals surface area contributed by atoms with Gasteiger partial charge in [-0.3, -0.25) is 9.36 Å². The van der Waals surface area contributed by atoms with Crippen molar-refractivity contribution in [3.05, 3.63) is 78.9 Å². The molecule has 0 unspecified atom stereocenters. The Morgan fingerprint density at radius 2 is 1.62 bits per heavy atom. The summed E-state index contributed by atoms with van der Waals surface area (Å²) in [6.07, 6.45) is 0. The van der Waals surface area contributed by atoms with Gasteiger partial charge in [-0.15, -0.1) is 10.2 Å². The highest BCUT2D eigenvalue weighted by molar-refractivity contribution is 7.99. The summed E-state index contributed by atoms with van der Waals surface area (Å²) in [5, 5.41) is 12.3. The van der Waals surface area contributed by atoms with Gasteiger partial charge in [0.05, 0.1) is 31.2 Å². The van der Waals surface area contributed by atoms with Crippen LogP contribution < -0.4 is 14.8 Å². The van der Waals surface area contributed by atoms with Crippen LogP contribution >= 0.6 is 11.8 Å². The van der Waals surface area contributed by atoms with Crippen LogP contribution in [0.4, 0.5) is 5.69 Å². The Bertz CT molecular complexity index is 1190. The summed E-state index contributed by atoms with van der Waals surface area (Å²) in [5.41, 5.74) is 2.41. The summed E-state index contributed by atoms with van der Waals surface area (Å²) in [6, 6.07) is 24.6. The number of carbonyl (C=O) groups is 1. The quantitative estimate of drug-likeness (QED) is 0.396. The van der Waals surface area contributed by atoms with E-state index in [1.54, 1.807) is 14.2 Å². The molecule has 4 rings (SSSR count). The van der Waals surface area contributed by atoms with E-state index in [4.69, 9.17) is 9.47 Å². The second-order valence-electron chi connectivity index (χ2n) is 6.74. The van der Waals surface area contributed by atoms with Crippen molar-refractivity contribution in [1.82, 2.24) is 14.8 Å². The van der Waals surface area contributed by atoms with E-state index in [0.29, 0.717) is 16.7 Å². The maximum Gasteiger partial charge on any atom is 0.234 e. The van der Waals surface area contributed by atoms with Crippen molar-refractivity contribution in [2.24, 2.45) is 0 Å². The topological polar surface area (TPSA) is 78.3 Å². The molecule has 0 radical (unpaired) electrons. The van der Waals surface area contributed by atoms with E-state index in [2.05, 4.69) is 15.5 Å². The molecule has 3 aromatic carbocycles. The van der Waals surface area contributed by atoms with Crippen LogP contribution in [0.1, 0.15) is 0 Å². The van der Waals surface area contributed by atoms with E-state index in [9.17, 15) is 4.79 Å². The number of nitrogens with zero attached hydrogens (tertiary/aromatic N) is 3. The van der Waals surface area contributed by atoms with Gasteiger partial charge in [-0.1, -0.05) is 42.1 Å². The molecule has 0 saturated carbocycles. The number of anilines is 1. The number of carbonyl (C=O) groups excluding carboxylic acids is 1. The third kappa shape index (κ3) is 4.76. The van der Waals surface area contributed by atoms with Crippen LogP contribution in [0.3, 0.4) is 0 Å². The number of ether oxygens (including phenoxy) is 2. The molecule has 0 bridgehead atoms. The monoisotopic (exact) mass is 446 g/mol. The van der Waals surface area contributed by atoms with E-state index >= 15 is 0 Å². The number of thioether (sulfide) groups is 1. The molecule has 0 saturated heterocycles. The average molecular weight is 447 g/mol. The van der Waals surface area contributed by atoms with E-state index in [-0.39, 0.29) is 11.7 Å². The first kappa shape index (κ1) is 21.5. The maximum atomic E-state index is 12.5. The lowest BCUT2D eigenvalue weighted by molar-refractivity contribution is -0.113. The number of amides is 1. The average Bonchev–Trinajstić information content (AvgIpc) is 3.27. The van der Waals surface area contributed by atoms with Crippen LogP contribution in [-0.2, 0) is 4.79 Å². The van der Waals surface area contributed by atoms with Crippen molar-refractivity contribution in [2.75, 3.05) is 25.3 Å².